The molecule has 1 spiro atoms. The van der Waals surface area contributed by atoms with E-state index in [1.807, 2.05) is 4.90 Å². The van der Waals surface area contributed by atoms with Gasteiger partial charge in [0.15, 0.2) is 0 Å². The Labute approximate surface area is 128 Å². The predicted octanol–water partition coefficient (Wildman–Crippen LogP) is 0.699. The molecule has 0 bridgehead atoms. The molecule has 0 saturated carbocycles. The summed E-state index contributed by atoms with van der Waals surface area (Å²) in [5, 5.41) is 3.56. The van der Waals surface area contributed by atoms with Crippen LogP contribution in [-0.2, 0) is 9.53 Å². The number of carbonyl (C=O) groups excluding carboxylic acids is 1. The van der Waals surface area contributed by atoms with E-state index in [4.69, 9.17) is 4.74 Å². The van der Waals surface area contributed by atoms with E-state index in [0.717, 1.165) is 39.3 Å². The van der Waals surface area contributed by atoms with Crippen LogP contribution in [0, 0.1) is 5.41 Å². The molecule has 0 aromatic heterocycles. The number of ether oxygens (including phenoxy) is 1. The number of carbonyl (C=O) groups is 1. The number of piperidine rings is 2. The topological polar surface area (TPSA) is 44.8 Å². The lowest BCUT2D eigenvalue weighted by molar-refractivity contribution is -0.142. The first-order valence-electron chi connectivity index (χ1n) is 8.52. The Morgan fingerprint density at radius 2 is 1.95 bits per heavy atom. The van der Waals surface area contributed by atoms with E-state index in [1.165, 1.54) is 25.7 Å². The summed E-state index contributed by atoms with van der Waals surface area (Å²) in [4.78, 5) is 17.1. The van der Waals surface area contributed by atoms with Crippen LogP contribution in [-0.4, -0.2) is 74.2 Å². The smallest absolute Gasteiger partial charge is 0.239 e. The standard InChI is InChI=1S/C16H29N3O2/c1-14(15(20)18-8-10-21-11-9-18)19-7-3-5-16(13-19)4-2-6-17-12-16/h14,17H,2-13H2,1H3. The van der Waals surface area contributed by atoms with Gasteiger partial charge in [-0.05, 0) is 51.1 Å². The number of hydrogen-bond donors (Lipinski definition) is 1. The number of nitrogens with one attached hydrogen (secondary N) is 1. The van der Waals surface area contributed by atoms with Crippen molar-refractivity contribution in [3.8, 4) is 0 Å². The minimum absolute atomic E-state index is 0.0159. The van der Waals surface area contributed by atoms with Crippen molar-refractivity contribution in [3.05, 3.63) is 0 Å². The minimum atomic E-state index is 0.0159. The van der Waals surface area contributed by atoms with Crippen LogP contribution in [0.25, 0.3) is 0 Å². The Hall–Kier alpha value is -0.650. The van der Waals surface area contributed by atoms with Crippen LogP contribution in [0.3, 0.4) is 0 Å². The molecule has 0 aromatic rings. The third-order valence-corrected chi connectivity index (χ3v) is 5.48. The first-order chi connectivity index (χ1) is 10.2. The van der Waals surface area contributed by atoms with Crippen molar-refractivity contribution in [1.82, 2.24) is 15.1 Å². The molecule has 3 aliphatic heterocycles. The summed E-state index contributed by atoms with van der Waals surface area (Å²) in [6.45, 7) is 9.40. The van der Waals surface area contributed by atoms with Gasteiger partial charge in [0.2, 0.25) is 5.91 Å². The molecule has 0 aliphatic carbocycles. The van der Waals surface area contributed by atoms with Gasteiger partial charge in [-0.1, -0.05) is 0 Å². The fraction of sp³-hybridized carbons (Fsp3) is 0.938. The molecule has 0 aromatic carbocycles. The van der Waals surface area contributed by atoms with Crippen LogP contribution in [0.1, 0.15) is 32.6 Å². The van der Waals surface area contributed by atoms with E-state index >= 15 is 0 Å². The first-order valence-corrected chi connectivity index (χ1v) is 8.52. The Kier molecular flexibility index (Phi) is 4.82. The summed E-state index contributed by atoms with van der Waals surface area (Å²) in [5.41, 5.74) is 0.413. The number of amides is 1. The second-order valence-corrected chi connectivity index (χ2v) is 6.97. The third kappa shape index (κ3) is 3.41. The zero-order valence-electron chi connectivity index (χ0n) is 13.3. The van der Waals surface area contributed by atoms with E-state index in [-0.39, 0.29) is 6.04 Å². The zero-order valence-corrected chi connectivity index (χ0v) is 13.3. The molecule has 5 heteroatoms. The maximum absolute atomic E-state index is 12.7. The average Bonchev–Trinajstić information content (AvgIpc) is 2.55. The summed E-state index contributed by atoms with van der Waals surface area (Å²) in [6.07, 6.45) is 5.13. The number of rotatable bonds is 2. The lowest BCUT2D eigenvalue weighted by Gasteiger charge is -2.47. The highest BCUT2D eigenvalue weighted by atomic mass is 16.5. The molecule has 3 aliphatic rings. The molecule has 3 saturated heterocycles. The van der Waals surface area contributed by atoms with Crippen LogP contribution in [0.2, 0.25) is 0 Å². The molecule has 1 amide bonds. The molecule has 2 unspecified atom stereocenters. The first kappa shape index (κ1) is 15.3. The van der Waals surface area contributed by atoms with Crippen LogP contribution < -0.4 is 5.32 Å². The largest absolute Gasteiger partial charge is 0.378 e. The average molecular weight is 295 g/mol. The molecule has 3 rings (SSSR count). The number of hydrogen-bond acceptors (Lipinski definition) is 4. The summed E-state index contributed by atoms with van der Waals surface area (Å²) >= 11 is 0. The maximum Gasteiger partial charge on any atom is 0.239 e. The lowest BCUT2D eigenvalue weighted by Crippen LogP contribution is -2.57. The molecule has 3 heterocycles. The van der Waals surface area contributed by atoms with E-state index in [2.05, 4.69) is 17.1 Å². The molecule has 3 fully saturated rings. The van der Waals surface area contributed by atoms with E-state index in [0.29, 0.717) is 24.5 Å². The van der Waals surface area contributed by atoms with Gasteiger partial charge in [0.25, 0.3) is 0 Å². The number of likely N-dealkylation sites (tertiary alicyclic amines) is 1. The van der Waals surface area contributed by atoms with Crippen molar-refractivity contribution < 1.29 is 9.53 Å². The number of morpholine rings is 1. The monoisotopic (exact) mass is 295 g/mol. The zero-order chi connectivity index (χ0) is 14.7. The quantitative estimate of drug-likeness (QED) is 0.814. The molecule has 21 heavy (non-hydrogen) atoms. The fourth-order valence-corrected chi connectivity index (χ4v) is 4.16. The molecule has 0 radical (unpaired) electrons. The van der Waals surface area contributed by atoms with Gasteiger partial charge in [-0.15, -0.1) is 0 Å². The van der Waals surface area contributed by atoms with E-state index in [9.17, 15) is 4.79 Å². The fourth-order valence-electron chi connectivity index (χ4n) is 4.16. The highest BCUT2D eigenvalue weighted by Gasteiger charge is 2.39. The van der Waals surface area contributed by atoms with Gasteiger partial charge < -0.3 is 15.0 Å². The second kappa shape index (κ2) is 6.63. The van der Waals surface area contributed by atoms with Gasteiger partial charge in [0.1, 0.15) is 0 Å². The van der Waals surface area contributed by atoms with Gasteiger partial charge in [0, 0.05) is 26.2 Å². The van der Waals surface area contributed by atoms with Crippen LogP contribution in [0.5, 0.6) is 0 Å². The summed E-state index contributed by atoms with van der Waals surface area (Å²) < 4.78 is 5.35. The van der Waals surface area contributed by atoms with E-state index in [1.54, 1.807) is 0 Å². The summed E-state index contributed by atoms with van der Waals surface area (Å²) in [6, 6.07) is 0.0159. The Morgan fingerprint density at radius 3 is 2.67 bits per heavy atom. The minimum Gasteiger partial charge on any atom is -0.378 e. The van der Waals surface area contributed by atoms with Gasteiger partial charge >= 0.3 is 0 Å². The molecule has 2 atom stereocenters. The molecule has 1 N–H and O–H groups in total. The third-order valence-electron chi connectivity index (χ3n) is 5.48. The van der Waals surface area contributed by atoms with Gasteiger partial charge in [-0.3, -0.25) is 9.69 Å². The Balaban J connectivity index is 1.60. The SMILES string of the molecule is CC(C(=O)N1CCOCC1)N1CCCC2(CCCNC2)C1. The summed E-state index contributed by atoms with van der Waals surface area (Å²) in [5.74, 6) is 0.291. The van der Waals surface area contributed by atoms with Crippen LogP contribution in [0.15, 0.2) is 0 Å². The van der Waals surface area contributed by atoms with E-state index < -0.39 is 0 Å². The Bertz CT molecular complexity index is 357. The van der Waals surface area contributed by atoms with Gasteiger partial charge in [-0.25, -0.2) is 0 Å². The molecule has 5 nitrogen and oxygen atoms in total. The lowest BCUT2D eigenvalue weighted by atomic mass is 9.74. The predicted molar refractivity (Wildman–Crippen MR) is 82.2 cm³/mol. The van der Waals surface area contributed by atoms with Gasteiger partial charge in [-0.2, -0.15) is 0 Å². The highest BCUT2D eigenvalue weighted by Crippen LogP contribution is 2.36. The van der Waals surface area contributed by atoms with Crippen molar-refractivity contribution in [2.45, 2.75) is 38.6 Å². The summed E-state index contributed by atoms with van der Waals surface area (Å²) in [7, 11) is 0. The van der Waals surface area contributed by atoms with Crippen LogP contribution >= 0.6 is 0 Å². The molecular weight excluding hydrogens is 266 g/mol. The van der Waals surface area contributed by atoms with Crippen molar-refractivity contribution in [2.75, 3.05) is 52.5 Å². The van der Waals surface area contributed by atoms with Crippen LogP contribution in [0.4, 0.5) is 0 Å². The molecule has 120 valence electrons. The van der Waals surface area contributed by atoms with Gasteiger partial charge in [0.05, 0.1) is 19.3 Å². The second-order valence-electron chi connectivity index (χ2n) is 6.97. The van der Waals surface area contributed by atoms with Crippen molar-refractivity contribution in [3.63, 3.8) is 0 Å². The van der Waals surface area contributed by atoms with Crippen molar-refractivity contribution in [2.24, 2.45) is 5.41 Å². The van der Waals surface area contributed by atoms with Crippen molar-refractivity contribution >= 4 is 5.91 Å². The highest BCUT2D eigenvalue weighted by molar-refractivity contribution is 5.81. The maximum atomic E-state index is 12.7. The van der Waals surface area contributed by atoms with Crippen molar-refractivity contribution in [1.29, 1.82) is 0 Å². The Morgan fingerprint density at radius 1 is 1.19 bits per heavy atom. The number of nitrogens with zero attached hydrogens (tertiary/aromatic N) is 2. The molecular formula is C16H29N3O2. The normalized spacial score (nSPS) is 33.1.